The van der Waals surface area contributed by atoms with Crippen molar-refractivity contribution < 1.29 is 14.7 Å². The third-order valence-corrected chi connectivity index (χ3v) is 4.04. The van der Waals surface area contributed by atoms with Crippen LogP contribution in [0.1, 0.15) is 23.3 Å². The Hall–Kier alpha value is -2.63. The predicted molar refractivity (Wildman–Crippen MR) is 80.8 cm³/mol. The maximum Gasteiger partial charge on any atom is 0.308 e. The zero-order valence-electron chi connectivity index (χ0n) is 11.9. The van der Waals surface area contributed by atoms with Crippen molar-refractivity contribution >= 4 is 22.6 Å². The molecule has 0 spiro atoms. The lowest BCUT2D eigenvalue weighted by atomic mass is 9.98. The highest BCUT2D eigenvalue weighted by molar-refractivity contribution is 5.96. The summed E-state index contributed by atoms with van der Waals surface area (Å²) in [5.74, 6) is -1.75. The highest BCUT2D eigenvalue weighted by atomic mass is 16.4. The minimum atomic E-state index is -0.885. The van der Waals surface area contributed by atoms with Gasteiger partial charge >= 0.3 is 5.97 Å². The third-order valence-electron chi connectivity index (χ3n) is 4.04. The number of hydrogen-bond donors (Lipinski definition) is 2. The Bertz CT molecular complexity index is 796. The lowest BCUT2D eigenvalue weighted by molar-refractivity contribution is -0.143. The zero-order chi connectivity index (χ0) is 15.7. The topological polar surface area (TPSA) is 90.5 Å². The molecule has 114 valence electrons. The Kier molecular flexibility index (Phi) is 3.66. The predicted octanol–water partition coefficient (Wildman–Crippen LogP) is 1.46. The highest BCUT2D eigenvalue weighted by Crippen LogP contribution is 2.19. The van der Waals surface area contributed by atoms with Gasteiger partial charge in [-0.25, -0.2) is 0 Å². The van der Waals surface area contributed by atoms with Crippen LogP contribution in [0.25, 0.3) is 10.8 Å². The molecule has 1 aromatic heterocycles. The molecule has 1 fully saturated rings. The smallest absolute Gasteiger partial charge is 0.308 e. The monoisotopic (exact) mass is 300 g/mol. The van der Waals surface area contributed by atoms with E-state index in [4.69, 9.17) is 5.11 Å². The van der Waals surface area contributed by atoms with Gasteiger partial charge in [0.1, 0.15) is 5.69 Å². The molecule has 1 aromatic carbocycles. The molecule has 0 aliphatic carbocycles. The maximum absolute atomic E-state index is 12.5. The van der Waals surface area contributed by atoms with Crippen LogP contribution in [0.3, 0.4) is 0 Å². The van der Waals surface area contributed by atoms with Gasteiger partial charge in [-0.2, -0.15) is 0 Å². The molecule has 0 radical (unpaired) electrons. The van der Waals surface area contributed by atoms with Crippen molar-refractivity contribution in [3.63, 3.8) is 0 Å². The SMILES string of the molecule is O=C(O)[C@@H]1CCCN(C(=O)c2cc3ccccc3c(=O)[nH]2)C1. The van der Waals surface area contributed by atoms with E-state index in [1.807, 2.05) is 0 Å². The van der Waals surface area contributed by atoms with E-state index >= 15 is 0 Å². The Balaban J connectivity index is 1.92. The molecule has 1 aliphatic rings. The molecule has 2 heterocycles. The minimum absolute atomic E-state index is 0.184. The molecule has 1 atom stereocenters. The summed E-state index contributed by atoms with van der Waals surface area (Å²) in [6.45, 7) is 0.695. The minimum Gasteiger partial charge on any atom is -0.481 e. The van der Waals surface area contributed by atoms with Crippen LogP contribution in [0.15, 0.2) is 35.1 Å². The largest absolute Gasteiger partial charge is 0.481 e. The number of carboxylic acid groups (broad SMARTS) is 1. The van der Waals surface area contributed by atoms with Crippen LogP contribution in [0.2, 0.25) is 0 Å². The molecule has 2 N–H and O–H groups in total. The number of benzene rings is 1. The number of amides is 1. The molecule has 1 amide bonds. The van der Waals surface area contributed by atoms with Gasteiger partial charge in [0.15, 0.2) is 0 Å². The molecule has 22 heavy (non-hydrogen) atoms. The number of aromatic nitrogens is 1. The molecule has 0 saturated carbocycles. The van der Waals surface area contributed by atoms with E-state index in [0.717, 1.165) is 0 Å². The van der Waals surface area contributed by atoms with Crippen molar-refractivity contribution in [3.05, 3.63) is 46.4 Å². The number of pyridine rings is 1. The molecule has 0 bridgehead atoms. The highest BCUT2D eigenvalue weighted by Gasteiger charge is 2.29. The molecule has 6 nitrogen and oxygen atoms in total. The first-order chi connectivity index (χ1) is 10.6. The number of hydrogen-bond acceptors (Lipinski definition) is 3. The van der Waals surface area contributed by atoms with Gasteiger partial charge in [0.05, 0.1) is 5.92 Å². The molecular weight excluding hydrogens is 284 g/mol. The summed E-state index contributed by atoms with van der Waals surface area (Å²) in [5.41, 5.74) is -0.108. The van der Waals surface area contributed by atoms with Gasteiger partial charge in [0, 0.05) is 18.5 Å². The van der Waals surface area contributed by atoms with E-state index in [-0.39, 0.29) is 23.7 Å². The molecular formula is C16H16N2O4. The summed E-state index contributed by atoms with van der Waals surface area (Å²) < 4.78 is 0. The van der Waals surface area contributed by atoms with Gasteiger partial charge in [0.25, 0.3) is 11.5 Å². The van der Waals surface area contributed by atoms with Crippen LogP contribution in [0, 0.1) is 5.92 Å². The summed E-state index contributed by atoms with van der Waals surface area (Å²) in [4.78, 5) is 39.8. The Morgan fingerprint density at radius 1 is 1.27 bits per heavy atom. The average molecular weight is 300 g/mol. The zero-order valence-corrected chi connectivity index (χ0v) is 11.9. The summed E-state index contributed by atoms with van der Waals surface area (Å²) in [7, 11) is 0. The molecule has 3 rings (SSSR count). The number of likely N-dealkylation sites (tertiary alicyclic amines) is 1. The quantitative estimate of drug-likeness (QED) is 0.878. The van der Waals surface area contributed by atoms with Crippen LogP contribution < -0.4 is 5.56 Å². The van der Waals surface area contributed by atoms with Crippen molar-refractivity contribution in [1.82, 2.24) is 9.88 Å². The molecule has 0 unspecified atom stereocenters. The van der Waals surface area contributed by atoms with Crippen LogP contribution in [0.5, 0.6) is 0 Å². The number of piperidine rings is 1. The molecule has 1 aliphatic heterocycles. The van der Waals surface area contributed by atoms with E-state index < -0.39 is 11.9 Å². The first-order valence-corrected chi connectivity index (χ1v) is 7.20. The van der Waals surface area contributed by atoms with Crippen LogP contribution in [-0.4, -0.2) is 40.0 Å². The fourth-order valence-corrected chi connectivity index (χ4v) is 2.86. The van der Waals surface area contributed by atoms with Crippen molar-refractivity contribution in [2.75, 3.05) is 13.1 Å². The number of carbonyl (C=O) groups is 2. The first kappa shape index (κ1) is 14.3. The van der Waals surface area contributed by atoms with E-state index in [0.29, 0.717) is 30.2 Å². The lowest BCUT2D eigenvalue weighted by Crippen LogP contribution is -2.42. The number of nitrogens with zero attached hydrogens (tertiary/aromatic N) is 1. The van der Waals surface area contributed by atoms with Gasteiger partial charge in [-0.1, -0.05) is 18.2 Å². The van der Waals surface area contributed by atoms with Crippen LogP contribution >= 0.6 is 0 Å². The molecule has 2 aromatic rings. The Morgan fingerprint density at radius 2 is 2.05 bits per heavy atom. The third kappa shape index (κ3) is 2.59. The second-order valence-corrected chi connectivity index (χ2v) is 5.53. The van der Waals surface area contributed by atoms with Crippen molar-refractivity contribution in [2.24, 2.45) is 5.92 Å². The number of carboxylic acids is 1. The van der Waals surface area contributed by atoms with E-state index in [1.54, 1.807) is 30.3 Å². The van der Waals surface area contributed by atoms with Crippen molar-refractivity contribution in [1.29, 1.82) is 0 Å². The van der Waals surface area contributed by atoms with E-state index in [9.17, 15) is 14.4 Å². The first-order valence-electron chi connectivity index (χ1n) is 7.20. The fourth-order valence-electron chi connectivity index (χ4n) is 2.86. The molecule has 6 heteroatoms. The maximum atomic E-state index is 12.5. The number of aliphatic carboxylic acids is 1. The summed E-state index contributed by atoms with van der Waals surface area (Å²) >= 11 is 0. The normalized spacial score (nSPS) is 18.4. The fraction of sp³-hybridized carbons (Fsp3) is 0.312. The Morgan fingerprint density at radius 3 is 2.82 bits per heavy atom. The van der Waals surface area contributed by atoms with Crippen LogP contribution in [-0.2, 0) is 4.79 Å². The summed E-state index contributed by atoms with van der Waals surface area (Å²) in [6, 6.07) is 8.68. The number of carbonyl (C=O) groups excluding carboxylic acids is 1. The van der Waals surface area contributed by atoms with Crippen LogP contribution in [0.4, 0.5) is 0 Å². The van der Waals surface area contributed by atoms with Gasteiger partial charge < -0.3 is 15.0 Å². The van der Waals surface area contributed by atoms with Gasteiger partial charge in [-0.05, 0) is 30.4 Å². The number of nitrogens with one attached hydrogen (secondary N) is 1. The van der Waals surface area contributed by atoms with Crippen molar-refractivity contribution in [2.45, 2.75) is 12.8 Å². The molecule has 1 saturated heterocycles. The van der Waals surface area contributed by atoms with E-state index in [1.165, 1.54) is 4.90 Å². The van der Waals surface area contributed by atoms with E-state index in [2.05, 4.69) is 4.98 Å². The summed E-state index contributed by atoms with van der Waals surface area (Å²) in [5, 5.41) is 10.3. The second kappa shape index (κ2) is 5.63. The standard InChI is InChI=1S/C16H16N2O4/c19-14-12-6-2-1-4-10(12)8-13(17-14)15(20)18-7-3-5-11(9-18)16(21)22/h1-2,4,6,8,11H,3,5,7,9H2,(H,17,19)(H,21,22)/t11-/m1/s1. The van der Waals surface area contributed by atoms with Gasteiger partial charge in [-0.15, -0.1) is 0 Å². The average Bonchev–Trinajstić information content (AvgIpc) is 2.54. The number of aromatic amines is 1. The van der Waals surface area contributed by atoms with Gasteiger partial charge in [0.2, 0.25) is 0 Å². The second-order valence-electron chi connectivity index (χ2n) is 5.53. The van der Waals surface area contributed by atoms with Gasteiger partial charge in [-0.3, -0.25) is 14.4 Å². The Labute approximate surface area is 126 Å². The van der Waals surface area contributed by atoms with Crippen molar-refractivity contribution in [3.8, 4) is 0 Å². The number of H-pyrrole nitrogens is 1. The lowest BCUT2D eigenvalue weighted by Gasteiger charge is -2.30. The number of fused-ring (bicyclic) bond motifs is 1. The summed E-state index contributed by atoms with van der Waals surface area (Å²) in [6.07, 6.45) is 1.23. The number of rotatable bonds is 2.